The lowest BCUT2D eigenvalue weighted by molar-refractivity contribution is -0.118. The first-order valence-corrected chi connectivity index (χ1v) is 6.65. The molecule has 2 aromatic carbocycles. The van der Waals surface area contributed by atoms with Gasteiger partial charge in [0, 0.05) is 11.8 Å². The van der Waals surface area contributed by atoms with Gasteiger partial charge in [-0.3, -0.25) is 9.59 Å². The molecule has 3 N–H and O–H groups in total. The zero-order valence-electron chi connectivity index (χ0n) is 12.3. The molecule has 0 aliphatic rings. The number of methoxy groups -OCH3 is 1. The van der Waals surface area contributed by atoms with E-state index in [2.05, 4.69) is 5.32 Å². The van der Waals surface area contributed by atoms with Gasteiger partial charge in [0.15, 0.2) is 6.61 Å². The topological polar surface area (TPSA) is 90.7 Å². The normalized spacial score (nSPS) is 10.0. The number of hydrogen-bond donors (Lipinski definition) is 2. The van der Waals surface area contributed by atoms with E-state index in [1.165, 1.54) is 37.4 Å². The lowest BCUT2D eigenvalue weighted by Crippen LogP contribution is -2.21. The molecule has 0 unspecified atom stereocenters. The Morgan fingerprint density at radius 3 is 2.65 bits per heavy atom. The number of carbonyl (C=O) groups is 2. The summed E-state index contributed by atoms with van der Waals surface area (Å²) in [5.41, 5.74) is 5.68. The van der Waals surface area contributed by atoms with Gasteiger partial charge in [0.1, 0.15) is 17.3 Å². The predicted octanol–water partition coefficient (Wildman–Crippen LogP) is 1.95. The van der Waals surface area contributed by atoms with Gasteiger partial charge in [-0.1, -0.05) is 6.07 Å². The van der Waals surface area contributed by atoms with E-state index >= 15 is 0 Å². The second-order valence-electron chi connectivity index (χ2n) is 4.57. The lowest BCUT2D eigenvalue weighted by Gasteiger charge is -2.11. The molecule has 2 rings (SSSR count). The van der Waals surface area contributed by atoms with Gasteiger partial charge in [-0.05, 0) is 30.3 Å². The molecule has 7 heteroatoms. The van der Waals surface area contributed by atoms with Gasteiger partial charge in [-0.25, -0.2) is 4.39 Å². The Morgan fingerprint density at radius 1 is 1.22 bits per heavy atom. The Hall–Kier alpha value is -3.09. The third-order valence-corrected chi connectivity index (χ3v) is 2.92. The van der Waals surface area contributed by atoms with Crippen molar-refractivity contribution in [2.45, 2.75) is 0 Å². The first kappa shape index (κ1) is 16.3. The Morgan fingerprint density at radius 2 is 2.00 bits per heavy atom. The fourth-order valence-corrected chi connectivity index (χ4v) is 1.86. The van der Waals surface area contributed by atoms with Crippen molar-refractivity contribution in [3.05, 3.63) is 53.8 Å². The summed E-state index contributed by atoms with van der Waals surface area (Å²) in [4.78, 5) is 23.2. The monoisotopic (exact) mass is 318 g/mol. The van der Waals surface area contributed by atoms with Gasteiger partial charge >= 0.3 is 0 Å². The van der Waals surface area contributed by atoms with Crippen LogP contribution in [0.2, 0.25) is 0 Å². The number of hydrogen-bond acceptors (Lipinski definition) is 4. The van der Waals surface area contributed by atoms with Crippen molar-refractivity contribution >= 4 is 17.5 Å². The zero-order valence-corrected chi connectivity index (χ0v) is 12.3. The molecule has 2 amide bonds. The van der Waals surface area contributed by atoms with Gasteiger partial charge in [0.05, 0.1) is 12.7 Å². The number of ether oxygens (including phenoxy) is 2. The minimum atomic E-state index is -0.687. The third-order valence-electron chi connectivity index (χ3n) is 2.92. The first-order chi connectivity index (χ1) is 11.0. The average Bonchev–Trinajstić information content (AvgIpc) is 2.52. The van der Waals surface area contributed by atoms with Crippen LogP contribution < -0.4 is 20.5 Å². The Bertz CT molecular complexity index is 734. The molecule has 0 radical (unpaired) electrons. The van der Waals surface area contributed by atoms with E-state index in [4.69, 9.17) is 15.2 Å². The van der Waals surface area contributed by atoms with E-state index in [1.807, 2.05) is 0 Å². The Kier molecular flexibility index (Phi) is 5.14. The zero-order chi connectivity index (χ0) is 16.8. The van der Waals surface area contributed by atoms with Crippen LogP contribution in [0.3, 0.4) is 0 Å². The molecule has 0 atom stereocenters. The van der Waals surface area contributed by atoms with Gasteiger partial charge in [0.25, 0.3) is 11.8 Å². The van der Waals surface area contributed by atoms with Crippen molar-refractivity contribution in [3.63, 3.8) is 0 Å². The second kappa shape index (κ2) is 7.26. The highest BCUT2D eigenvalue weighted by molar-refractivity contribution is 5.96. The third kappa shape index (κ3) is 4.44. The average molecular weight is 318 g/mol. The summed E-state index contributed by atoms with van der Waals surface area (Å²) in [6.45, 7) is -0.371. The van der Waals surface area contributed by atoms with E-state index in [9.17, 15) is 14.0 Å². The van der Waals surface area contributed by atoms with Crippen molar-refractivity contribution < 1.29 is 23.5 Å². The summed E-state index contributed by atoms with van der Waals surface area (Å²) in [6.07, 6.45) is 0. The Labute approximate surface area is 132 Å². The number of nitrogens with two attached hydrogens (primary N) is 1. The summed E-state index contributed by atoms with van der Waals surface area (Å²) in [5, 5.41) is 2.48. The van der Waals surface area contributed by atoms with Gasteiger partial charge < -0.3 is 20.5 Å². The molecule has 0 aliphatic carbocycles. The quantitative estimate of drug-likeness (QED) is 0.851. The van der Waals surface area contributed by atoms with Gasteiger partial charge in [0.2, 0.25) is 0 Å². The van der Waals surface area contributed by atoms with Gasteiger partial charge in [-0.15, -0.1) is 0 Å². The molecule has 0 aliphatic heterocycles. The predicted molar refractivity (Wildman–Crippen MR) is 82.0 cm³/mol. The highest BCUT2D eigenvalue weighted by Crippen LogP contribution is 2.24. The number of primary amides is 1. The summed E-state index contributed by atoms with van der Waals surface area (Å²) >= 11 is 0. The van der Waals surface area contributed by atoms with Crippen LogP contribution in [-0.4, -0.2) is 25.5 Å². The molecular formula is C16H15FN2O4. The maximum absolute atomic E-state index is 13.0. The Balaban J connectivity index is 2.05. The maximum atomic E-state index is 13.0. The minimum Gasteiger partial charge on any atom is -0.497 e. The molecule has 6 nitrogen and oxygen atoms in total. The smallest absolute Gasteiger partial charge is 0.262 e. The van der Waals surface area contributed by atoms with Crippen LogP contribution in [0.1, 0.15) is 10.4 Å². The van der Waals surface area contributed by atoms with Crippen LogP contribution in [0.5, 0.6) is 11.5 Å². The van der Waals surface area contributed by atoms with Crippen LogP contribution >= 0.6 is 0 Å². The lowest BCUT2D eigenvalue weighted by atomic mass is 10.2. The van der Waals surface area contributed by atoms with E-state index in [1.54, 1.807) is 12.1 Å². The molecule has 0 fully saturated rings. The minimum absolute atomic E-state index is 0.129. The number of anilines is 1. The highest BCUT2D eigenvalue weighted by Gasteiger charge is 2.13. The van der Waals surface area contributed by atoms with E-state index in [0.29, 0.717) is 11.4 Å². The van der Waals surface area contributed by atoms with Crippen LogP contribution in [0.15, 0.2) is 42.5 Å². The van der Waals surface area contributed by atoms with Gasteiger partial charge in [-0.2, -0.15) is 0 Å². The summed E-state index contributed by atoms with van der Waals surface area (Å²) in [5.74, 6) is -1.07. The molecule has 0 bridgehead atoms. The largest absolute Gasteiger partial charge is 0.497 e. The second-order valence-corrected chi connectivity index (χ2v) is 4.57. The van der Waals surface area contributed by atoms with Crippen molar-refractivity contribution in [2.24, 2.45) is 5.73 Å². The van der Waals surface area contributed by atoms with E-state index in [-0.39, 0.29) is 17.9 Å². The molecular weight excluding hydrogens is 303 g/mol. The number of nitrogens with one attached hydrogen (secondary N) is 1. The molecule has 0 spiro atoms. The fourth-order valence-electron chi connectivity index (χ4n) is 1.86. The highest BCUT2D eigenvalue weighted by atomic mass is 19.1. The molecule has 120 valence electrons. The summed E-state index contributed by atoms with van der Waals surface area (Å²) in [7, 11) is 1.46. The molecule has 0 saturated heterocycles. The molecule has 0 saturated carbocycles. The van der Waals surface area contributed by atoms with E-state index in [0.717, 1.165) is 0 Å². The molecule has 0 aromatic heterocycles. The van der Waals surface area contributed by atoms with Crippen molar-refractivity contribution in [1.82, 2.24) is 0 Å². The van der Waals surface area contributed by atoms with Crippen LogP contribution in [0.25, 0.3) is 0 Å². The van der Waals surface area contributed by atoms with Crippen molar-refractivity contribution in [2.75, 3.05) is 19.0 Å². The van der Waals surface area contributed by atoms with Crippen LogP contribution in [0.4, 0.5) is 10.1 Å². The van der Waals surface area contributed by atoms with Crippen molar-refractivity contribution in [3.8, 4) is 11.5 Å². The molecule has 0 heterocycles. The number of benzene rings is 2. The molecule has 23 heavy (non-hydrogen) atoms. The summed E-state index contributed by atoms with van der Waals surface area (Å²) < 4.78 is 23.4. The summed E-state index contributed by atoms with van der Waals surface area (Å²) in [6, 6.07) is 9.91. The van der Waals surface area contributed by atoms with E-state index < -0.39 is 17.6 Å². The standard InChI is InChI=1S/C16H15FN2O4/c1-22-12-5-6-13(16(18)21)14(8-12)23-9-15(20)19-11-4-2-3-10(17)7-11/h2-8H,9H2,1H3,(H2,18,21)(H,19,20). The number of amides is 2. The molecule has 2 aromatic rings. The number of rotatable bonds is 6. The van der Waals surface area contributed by atoms with Crippen LogP contribution in [0, 0.1) is 5.82 Å². The SMILES string of the molecule is COc1ccc(C(N)=O)c(OCC(=O)Nc2cccc(F)c2)c1. The maximum Gasteiger partial charge on any atom is 0.262 e. The van der Waals surface area contributed by atoms with Crippen LogP contribution in [-0.2, 0) is 4.79 Å². The van der Waals surface area contributed by atoms with Crippen molar-refractivity contribution in [1.29, 1.82) is 0 Å². The first-order valence-electron chi connectivity index (χ1n) is 6.65. The number of carbonyl (C=O) groups excluding carboxylic acids is 2. The number of halogens is 1. The fraction of sp³-hybridized carbons (Fsp3) is 0.125.